The number of nitrogens with one attached hydrogen (secondary N) is 1. The normalized spacial score (nSPS) is 17.9. The molecule has 1 aromatic carbocycles. The first-order valence-corrected chi connectivity index (χ1v) is 8.71. The zero-order chi connectivity index (χ0) is 18.0. The quantitative estimate of drug-likeness (QED) is 0.859. The van der Waals surface area contributed by atoms with E-state index in [0.29, 0.717) is 17.3 Å². The van der Waals surface area contributed by atoms with E-state index in [1.807, 2.05) is 18.2 Å². The van der Waals surface area contributed by atoms with E-state index in [1.165, 1.54) is 7.11 Å². The molecule has 0 unspecified atom stereocenters. The molecule has 138 valence electrons. The number of carbonyl (C=O) groups excluding carboxylic acids is 1. The van der Waals surface area contributed by atoms with Gasteiger partial charge in [-0.05, 0) is 35.4 Å². The van der Waals surface area contributed by atoms with Crippen LogP contribution in [-0.4, -0.2) is 46.6 Å². The molecule has 1 saturated carbocycles. The van der Waals surface area contributed by atoms with Gasteiger partial charge in [-0.15, -0.1) is 5.10 Å². The molecule has 1 aliphatic heterocycles. The Kier molecular flexibility index (Phi) is 4.46. The van der Waals surface area contributed by atoms with E-state index in [4.69, 9.17) is 14.2 Å². The van der Waals surface area contributed by atoms with Gasteiger partial charge in [0.1, 0.15) is 12.1 Å². The third-order valence-electron chi connectivity index (χ3n) is 4.86. The van der Waals surface area contributed by atoms with Gasteiger partial charge in [-0.25, -0.2) is 0 Å². The molecule has 0 atom stereocenters. The van der Waals surface area contributed by atoms with Gasteiger partial charge in [0.05, 0.1) is 5.69 Å². The number of rotatable bonds is 5. The highest BCUT2D eigenvalue weighted by Crippen LogP contribution is 2.38. The summed E-state index contributed by atoms with van der Waals surface area (Å²) < 4.78 is 17.5. The van der Waals surface area contributed by atoms with Crippen molar-refractivity contribution in [1.82, 2.24) is 25.5 Å². The maximum absolute atomic E-state index is 12.3. The molecule has 9 heteroatoms. The van der Waals surface area contributed by atoms with Crippen LogP contribution in [0, 0.1) is 0 Å². The number of benzene rings is 1. The maximum Gasteiger partial charge on any atom is 0.246 e. The van der Waals surface area contributed by atoms with Crippen molar-refractivity contribution in [2.75, 3.05) is 20.5 Å². The molecule has 1 aromatic heterocycles. The summed E-state index contributed by atoms with van der Waals surface area (Å²) in [6, 6.07) is 5.55. The van der Waals surface area contributed by atoms with E-state index < -0.39 is 5.54 Å². The molecule has 9 nitrogen and oxygen atoms in total. The zero-order valence-electron chi connectivity index (χ0n) is 14.6. The topological polar surface area (TPSA) is 100 Å². The van der Waals surface area contributed by atoms with Crippen molar-refractivity contribution in [1.29, 1.82) is 0 Å². The Morgan fingerprint density at radius 2 is 2.08 bits per heavy atom. The number of nitrogens with zero attached hydrogens (tertiary/aromatic N) is 4. The third kappa shape index (κ3) is 2.98. The lowest BCUT2D eigenvalue weighted by molar-refractivity contribution is -0.127. The molecular weight excluding hydrogens is 338 g/mol. The van der Waals surface area contributed by atoms with Crippen molar-refractivity contribution in [2.24, 2.45) is 0 Å². The van der Waals surface area contributed by atoms with E-state index in [1.54, 1.807) is 4.68 Å². The molecule has 1 amide bonds. The van der Waals surface area contributed by atoms with Crippen molar-refractivity contribution in [3.05, 3.63) is 24.0 Å². The van der Waals surface area contributed by atoms with Crippen molar-refractivity contribution in [2.45, 2.75) is 37.6 Å². The van der Waals surface area contributed by atoms with Gasteiger partial charge in [0, 0.05) is 13.2 Å². The summed E-state index contributed by atoms with van der Waals surface area (Å²) in [6.07, 6.45) is 4.71. The van der Waals surface area contributed by atoms with Crippen molar-refractivity contribution in [3.8, 4) is 17.2 Å². The van der Waals surface area contributed by atoms with E-state index in [2.05, 4.69) is 20.8 Å². The molecule has 2 aromatic rings. The van der Waals surface area contributed by atoms with Gasteiger partial charge in [-0.1, -0.05) is 19.3 Å². The van der Waals surface area contributed by atoms with Crippen LogP contribution in [0.5, 0.6) is 11.5 Å². The number of carbonyl (C=O) groups is 1. The second-order valence-corrected chi connectivity index (χ2v) is 6.58. The Balaban J connectivity index is 1.71. The predicted molar refractivity (Wildman–Crippen MR) is 90.1 cm³/mol. The van der Waals surface area contributed by atoms with Crippen molar-refractivity contribution < 1.29 is 19.0 Å². The van der Waals surface area contributed by atoms with Crippen LogP contribution in [-0.2, 0) is 15.1 Å². The van der Waals surface area contributed by atoms with Gasteiger partial charge in [-0.3, -0.25) is 4.79 Å². The van der Waals surface area contributed by atoms with Gasteiger partial charge >= 0.3 is 0 Å². The lowest BCUT2D eigenvalue weighted by atomic mass is 9.80. The van der Waals surface area contributed by atoms with Crippen molar-refractivity contribution >= 4 is 5.91 Å². The summed E-state index contributed by atoms with van der Waals surface area (Å²) in [5.74, 6) is 1.81. The average Bonchev–Trinajstić information content (AvgIpc) is 3.31. The molecule has 0 radical (unpaired) electrons. The minimum atomic E-state index is -0.603. The zero-order valence-corrected chi connectivity index (χ0v) is 14.6. The van der Waals surface area contributed by atoms with Crippen LogP contribution in [0.4, 0.5) is 0 Å². The van der Waals surface area contributed by atoms with Gasteiger partial charge in [-0.2, -0.15) is 4.68 Å². The lowest BCUT2D eigenvalue weighted by Gasteiger charge is -2.36. The second-order valence-electron chi connectivity index (χ2n) is 6.58. The summed E-state index contributed by atoms with van der Waals surface area (Å²) in [4.78, 5) is 12.3. The number of hydrogen-bond donors (Lipinski definition) is 1. The molecule has 1 N–H and O–H groups in total. The molecule has 1 aliphatic carbocycles. The standard InChI is InChI=1S/C17H21N5O4/c1-24-10-15(23)18-17(7-3-2-4-8-17)16-19-20-21-22(16)12-5-6-13-14(9-12)26-11-25-13/h5-6,9H,2-4,7-8,10-11H2,1H3,(H,18,23). The Bertz CT molecular complexity index is 800. The van der Waals surface area contributed by atoms with E-state index >= 15 is 0 Å². The average molecular weight is 359 g/mol. The number of methoxy groups -OCH3 is 1. The Labute approximate surface area is 150 Å². The van der Waals surface area contributed by atoms with E-state index in [0.717, 1.165) is 37.8 Å². The largest absolute Gasteiger partial charge is 0.454 e. The minimum Gasteiger partial charge on any atom is -0.454 e. The summed E-state index contributed by atoms with van der Waals surface area (Å²) in [7, 11) is 1.50. The molecule has 0 saturated heterocycles. The van der Waals surface area contributed by atoms with Crippen LogP contribution < -0.4 is 14.8 Å². The van der Waals surface area contributed by atoms with Crippen LogP contribution in [0.2, 0.25) is 0 Å². The van der Waals surface area contributed by atoms with Gasteiger partial charge in [0.15, 0.2) is 17.3 Å². The third-order valence-corrected chi connectivity index (χ3v) is 4.86. The van der Waals surface area contributed by atoms with Crippen molar-refractivity contribution in [3.63, 3.8) is 0 Å². The van der Waals surface area contributed by atoms with Crippen LogP contribution in [0.1, 0.15) is 37.9 Å². The van der Waals surface area contributed by atoms with Crippen LogP contribution >= 0.6 is 0 Å². The number of aromatic nitrogens is 4. The van der Waals surface area contributed by atoms with E-state index in [9.17, 15) is 4.79 Å². The van der Waals surface area contributed by atoms with Gasteiger partial charge in [0.25, 0.3) is 0 Å². The second kappa shape index (κ2) is 6.91. The van der Waals surface area contributed by atoms with Crippen LogP contribution in [0.3, 0.4) is 0 Å². The molecule has 1 fully saturated rings. The highest BCUT2D eigenvalue weighted by Gasteiger charge is 2.40. The molecule has 0 bridgehead atoms. The number of fused-ring (bicyclic) bond motifs is 1. The molecule has 4 rings (SSSR count). The smallest absolute Gasteiger partial charge is 0.246 e. The van der Waals surface area contributed by atoms with Gasteiger partial charge < -0.3 is 19.5 Å². The highest BCUT2D eigenvalue weighted by atomic mass is 16.7. The number of tetrazole rings is 1. The molecule has 26 heavy (non-hydrogen) atoms. The van der Waals surface area contributed by atoms with Crippen LogP contribution in [0.25, 0.3) is 5.69 Å². The first-order chi connectivity index (χ1) is 12.7. The highest BCUT2D eigenvalue weighted by molar-refractivity contribution is 5.78. The first kappa shape index (κ1) is 16.8. The summed E-state index contributed by atoms with van der Waals surface area (Å²) >= 11 is 0. The fourth-order valence-corrected chi connectivity index (χ4v) is 3.67. The molecule has 2 heterocycles. The minimum absolute atomic E-state index is 0.00728. The summed E-state index contributed by atoms with van der Waals surface area (Å²) in [5.41, 5.74) is 0.161. The Morgan fingerprint density at radius 1 is 1.27 bits per heavy atom. The Hall–Kier alpha value is -2.68. The maximum atomic E-state index is 12.3. The molecule has 2 aliphatic rings. The number of hydrogen-bond acceptors (Lipinski definition) is 7. The predicted octanol–water partition coefficient (Wildman–Crippen LogP) is 1.31. The van der Waals surface area contributed by atoms with Crippen LogP contribution in [0.15, 0.2) is 18.2 Å². The fraction of sp³-hybridized carbons (Fsp3) is 0.529. The number of ether oxygens (including phenoxy) is 3. The lowest BCUT2D eigenvalue weighted by Crippen LogP contribution is -2.50. The van der Waals surface area contributed by atoms with Gasteiger partial charge in [0.2, 0.25) is 12.7 Å². The first-order valence-electron chi connectivity index (χ1n) is 8.71. The number of amides is 1. The summed E-state index contributed by atoms with van der Waals surface area (Å²) in [5, 5.41) is 15.4. The summed E-state index contributed by atoms with van der Waals surface area (Å²) in [6.45, 7) is 0.214. The van der Waals surface area contributed by atoms with E-state index in [-0.39, 0.29) is 19.3 Å². The fourth-order valence-electron chi connectivity index (χ4n) is 3.67. The molecule has 0 spiro atoms. The SMILES string of the molecule is COCC(=O)NC1(c2nnnn2-c2ccc3c(c2)OCO3)CCCCC1. The molecular formula is C17H21N5O4. The monoisotopic (exact) mass is 359 g/mol. The Morgan fingerprint density at radius 3 is 2.88 bits per heavy atom.